The van der Waals surface area contributed by atoms with Crippen LogP contribution in [0.4, 0.5) is 0 Å². The van der Waals surface area contributed by atoms with E-state index in [2.05, 4.69) is 13.2 Å². The fraction of sp³-hybridized carbons (Fsp3) is 0.583. The van der Waals surface area contributed by atoms with Gasteiger partial charge in [0.2, 0.25) is 0 Å². The van der Waals surface area contributed by atoms with E-state index in [1.165, 1.54) is 0 Å². The minimum absolute atomic E-state index is 0. The van der Waals surface area contributed by atoms with E-state index < -0.39 is 12.0 Å². The standard InChI is InChI=1S/C12H21NO2.ClH/c1-6-8-13(5,9-7-2)11(10(3)4)12(14)15;/h6-7,10-11H,1-2,8-9H2,3-5H3;1H. The van der Waals surface area contributed by atoms with E-state index in [1.54, 1.807) is 12.2 Å². The van der Waals surface area contributed by atoms with Crippen LogP contribution in [0.2, 0.25) is 0 Å². The third-order valence-electron chi connectivity index (χ3n) is 2.65. The molecule has 1 N–H and O–H groups in total. The van der Waals surface area contributed by atoms with Gasteiger partial charge in [-0.3, -0.25) is 0 Å². The zero-order valence-corrected chi connectivity index (χ0v) is 11.1. The maximum Gasteiger partial charge on any atom is 0.362 e. The molecule has 0 aliphatic heterocycles. The maximum absolute atomic E-state index is 11.3. The summed E-state index contributed by atoms with van der Waals surface area (Å²) in [6, 6.07) is -0.416. The highest BCUT2D eigenvalue weighted by Crippen LogP contribution is 2.19. The zero-order valence-electron chi connectivity index (χ0n) is 10.3. The van der Waals surface area contributed by atoms with E-state index >= 15 is 0 Å². The Morgan fingerprint density at radius 1 is 1.31 bits per heavy atom. The molecule has 0 saturated heterocycles. The Morgan fingerprint density at radius 2 is 1.69 bits per heavy atom. The van der Waals surface area contributed by atoms with Crippen molar-refractivity contribution in [3.63, 3.8) is 0 Å². The molecule has 1 unspecified atom stereocenters. The lowest BCUT2D eigenvalue weighted by atomic mass is 10.00. The third kappa shape index (κ3) is 4.37. The number of likely N-dealkylation sites (N-methyl/N-ethyl adjacent to an activating group) is 1. The number of carbonyl (C=O) groups is 1. The number of quaternary nitrogens is 1. The Morgan fingerprint density at radius 3 is 1.88 bits per heavy atom. The van der Waals surface area contributed by atoms with Crippen molar-refractivity contribution in [3.8, 4) is 0 Å². The second-order valence-electron chi connectivity index (χ2n) is 4.45. The fourth-order valence-electron chi connectivity index (χ4n) is 2.16. The van der Waals surface area contributed by atoms with Gasteiger partial charge in [0, 0.05) is 5.92 Å². The number of rotatable bonds is 7. The molecule has 0 aromatic rings. The molecule has 4 heteroatoms. The molecular weight excluding hydrogens is 226 g/mol. The van der Waals surface area contributed by atoms with Gasteiger partial charge in [0.05, 0.1) is 20.1 Å². The van der Waals surface area contributed by atoms with Crippen LogP contribution >= 0.6 is 0 Å². The van der Waals surface area contributed by atoms with E-state index in [9.17, 15) is 9.90 Å². The molecular formula is C12H22ClNO2. The molecule has 0 aromatic heterocycles. The molecule has 0 saturated carbocycles. The Kier molecular flexibility index (Phi) is 8.21. The summed E-state index contributed by atoms with van der Waals surface area (Å²) in [6.07, 6.45) is 3.53. The molecule has 0 heterocycles. The SMILES string of the molecule is C=CC[N+](C)(CC=C)C(C(=O)O)C(C)C.[Cl-]. The topological polar surface area (TPSA) is 37.3 Å². The molecule has 0 aliphatic carbocycles. The van der Waals surface area contributed by atoms with Crippen molar-refractivity contribution in [1.82, 2.24) is 0 Å². The summed E-state index contributed by atoms with van der Waals surface area (Å²) in [6.45, 7) is 12.5. The van der Waals surface area contributed by atoms with Crippen LogP contribution in [0.3, 0.4) is 0 Å². The van der Waals surface area contributed by atoms with Crippen LogP contribution in [-0.4, -0.2) is 41.7 Å². The molecule has 0 rings (SSSR count). The van der Waals surface area contributed by atoms with Crippen molar-refractivity contribution in [3.05, 3.63) is 25.3 Å². The molecule has 0 radical (unpaired) electrons. The Balaban J connectivity index is 0. The normalized spacial score (nSPS) is 12.8. The van der Waals surface area contributed by atoms with Crippen LogP contribution in [0.5, 0.6) is 0 Å². The van der Waals surface area contributed by atoms with Gasteiger partial charge in [0.15, 0.2) is 6.04 Å². The number of carboxylic acids is 1. The van der Waals surface area contributed by atoms with E-state index in [-0.39, 0.29) is 18.3 Å². The first kappa shape index (κ1) is 17.6. The van der Waals surface area contributed by atoms with Gasteiger partial charge in [0.1, 0.15) is 0 Å². The molecule has 3 nitrogen and oxygen atoms in total. The molecule has 94 valence electrons. The zero-order chi connectivity index (χ0) is 12.1. The average molecular weight is 248 g/mol. The average Bonchev–Trinajstić information content (AvgIpc) is 2.02. The summed E-state index contributed by atoms with van der Waals surface area (Å²) in [4.78, 5) is 11.3. The lowest BCUT2D eigenvalue weighted by Gasteiger charge is -2.39. The second-order valence-corrected chi connectivity index (χ2v) is 4.45. The Labute approximate surface area is 104 Å². The van der Waals surface area contributed by atoms with Gasteiger partial charge in [-0.15, -0.1) is 0 Å². The minimum Gasteiger partial charge on any atom is -1.00 e. The smallest absolute Gasteiger partial charge is 0.362 e. The predicted molar refractivity (Wildman–Crippen MR) is 62.6 cm³/mol. The molecule has 0 aliphatic rings. The van der Waals surface area contributed by atoms with Crippen LogP contribution in [0.15, 0.2) is 25.3 Å². The van der Waals surface area contributed by atoms with Gasteiger partial charge < -0.3 is 22.0 Å². The van der Waals surface area contributed by atoms with Gasteiger partial charge in [-0.25, -0.2) is 4.79 Å². The quantitative estimate of drug-likeness (QED) is 0.459. The number of hydrogen-bond acceptors (Lipinski definition) is 1. The highest BCUT2D eigenvalue weighted by atomic mass is 35.5. The minimum atomic E-state index is -0.754. The molecule has 1 atom stereocenters. The second kappa shape index (κ2) is 7.47. The Bertz CT molecular complexity index is 241. The van der Waals surface area contributed by atoms with Crippen molar-refractivity contribution in [2.45, 2.75) is 19.9 Å². The summed E-state index contributed by atoms with van der Waals surface area (Å²) in [5.74, 6) is -0.663. The molecule has 0 aromatic carbocycles. The first-order chi connectivity index (χ1) is 6.89. The van der Waals surface area contributed by atoms with Gasteiger partial charge in [-0.05, 0) is 12.2 Å². The van der Waals surface area contributed by atoms with E-state index in [0.717, 1.165) is 0 Å². The van der Waals surface area contributed by atoms with Crippen molar-refractivity contribution in [1.29, 1.82) is 0 Å². The number of aliphatic carboxylic acids is 1. The highest BCUT2D eigenvalue weighted by Gasteiger charge is 2.39. The molecule has 16 heavy (non-hydrogen) atoms. The molecule has 0 fully saturated rings. The fourth-order valence-corrected chi connectivity index (χ4v) is 2.16. The first-order valence-electron chi connectivity index (χ1n) is 5.18. The van der Waals surface area contributed by atoms with Crippen molar-refractivity contribution in [2.24, 2.45) is 5.92 Å². The van der Waals surface area contributed by atoms with E-state index in [1.807, 2.05) is 20.9 Å². The summed E-state index contributed by atoms with van der Waals surface area (Å²) in [5.41, 5.74) is 0. The number of halogens is 1. The predicted octanol–water partition coefficient (Wildman–Crippen LogP) is -1.08. The largest absolute Gasteiger partial charge is 1.00 e. The van der Waals surface area contributed by atoms with Crippen LogP contribution in [-0.2, 0) is 4.79 Å². The summed E-state index contributed by atoms with van der Waals surface area (Å²) >= 11 is 0. The third-order valence-corrected chi connectivity index (χ3v) is 2.65. The Hall–Kier alpha value is -0.800. The number of nitrogens with zero attached hydrogens (tertiary/aromatic N) is 1. The first-order valence-corrected chi connectivity index (χ1v) is 5.18. The van der Waals surface area contributed by atoms with Gasteiger partial charge >= 0.3 is 5.97 Å². The summed E-state index contributed by atoms with van der Waals surface area (Å²) < 4.78 is 0.431. The lowest BCUT2D eigenvalue weighted by molar-refractivity contribution is -0.917. The van der Waals surface area contributed by atoms with Crippen LogP contribution < -0.4 is 12.4 Å². The summed E-state index contributed by atoms with van der Waals surface area (Å²) in [7, 11) is 1.93. The van der Waals surface area contributed by atoms with Crippen LogP contribution in [0.1, 0.15) is 13.8 Å². The van der Waals surface area contributed by atoms with E-state index in [4.69, 9.17) is 0 Å². The van der Waals surface area contributed by atoms with Crippen LogP contribution in [0, 0.1) is 5.92 Å². The van der Waals surface area contributed by atoms with Crippen LogP contribution in [0.25, 0.3) is 0 Å². The molecule has 0 spiro atoms. The molecule has 0 amide bonds. The van der Waals surface area contributed by atoms with Gasteiger partial charge in [-0.2, -0.15) is 0 Å². The highest BCUT2D eigenvalue weighted by molar-refractivity contribution is 5.72. The summed E-state index contributed by atoms with van der Waals surface area (Å²) in [5, 5.41) is 9.25. The maximum atomic E-state index is 11.3. The van der Waals surface area contributed by atoms with Gasteiger partial charge in [-0.1, -0.05) is 27.0 Å². The molecule has 0 bridgehead atoms. The number of hydrogen-bond donors (Lipinski definition) is 1. The van der Waals surface area contributed by atoms with E-state index in [0.29, 0.717) is 17.6 Å². The number of carboxylic acid groups (broad SMARTS) is 1. The van der Waals surface area contributed by atoms with Crippen molar-refractivity contribution >= 4 is 5.97 Å². The van der Waals surface area contributed by atoms with Gasteiger partial charge in [0.25, 0.3) is 0 Å². The van der Waals surface area contributed by atoms with Crippen molar-refractivity contribution in [2.75, 3.05) is 20.1 Å². The monoisotopic (exact) mass is 247 g/mol. The van der Waals surface area contributed by atoms with Crippen molar-refractivity contribution < 1.29 is 26.8 Å². The lowest BCUT2D eigenvalue weighted by Crippen LogP contribution is -3.00.